The first-order chi connectivity index (χ1) is 13.6. The van der Waals surface area contributed by atoms with E-state index in [2.05, 4.69) is 20.9 Å². The van der Waals surface area contributed by atoms with E-state index in [1.54, 1.807) is 23.0 Å². The van der Waals surface area contributed by atoms with Crippen LogP contribution < -0.4 is 10.9 Å². The predicted molar refractivity (Wildman–Crippen MR) is 107 cm³/mol. The first-order valence-corrected chi connectivity index (χ1v) is 9.44. The minimum atomic E-state index is -0.438. The molecule has 0 saturated carbocycles. The monoisotopic (exact) mass is 391 g/mol. The Labute approximate surface area is 165 Å². The van der Waals surface area contributed by atoms with E-state index in [0.717, 1.165) is 15.8 Å². The number of rotatable bonds is 4. The van der Waals surface area contributed by atoms with Crippen LogP contribution in [0.25, 0.3) is 11.0 Å². The fourth-order valence-corrected chi connectivity index (χ4v) is 3.53. The number of nitrogens with one attached hydrogen (secondary N) is 2. The predicted octanol–water partition coefficient (Wildman–Crippen LogP) is 2.92. The molecular weight excluding hydrogens is 374 g/mol. The van der Waals surface area contributed by atoms with Gasteiger partial charge >= 0.3 is 0 Å². The highest BCUT2D eigenvalue weighted by Gasteiger charge is 2.13. The van der Waals surface area contributed by atoms with Crippen molar-refractivity contribution in [1.82, 2.24) is 25.6 Å². The second-order valence-corrected chi connectivity index (χ2v) is 7.53. The quantitative estimate of drug-likeness (QED) is 0.524. The number of aryl methyl sites for hydroxylation is 1. The van der Waals surface area contributed by atoms with Crippen molar-refractivity contribution < 1.29 is 9.59 Å². The maximum absolute atomic E-state index is 12.3. The summed E-state index contributed by atoms with van der Waals surface area (Å²) in [6, 6.07) is 15.2. The molecule has 0 bridgehead atoms. The summed E-state index contributed by atoms with van der Waals surface area (Å²) in [5, 5.41) is 5.11. The van der Waals surface area contributed by atoms with Crippen LogP contribution in [0.4, 0.5) is 0 Å². The molecule has 140 valence electrons. The van der Waals surface area contributed by atoms with Crippen molar-refractivity contribution in [3.05, 3.63) is 81.8 Å². The van der Waals surface area contributed by atoms with Gasteiger partial charge in [-0.3, -0.25) is 20.4 Å². The Kier molecular flexibility index (Phi) is 4.86. The highest BCUT2D eigenvalue weighted by molar-refractivity contribution is 7.13. The molecule has 0 aliphatic rings. The van der Waals surface area contributed by atoms with Crippen molar-refractivity contribution in [2.45, 2.75) is 13.5 Å². The zero-order valence-electron chi connectivity index (χ0n) is 15.0. The Balaban J connectivity index is 1.45. The normalized spacial score (nSPS) is 10.8. The summed E-state index contributed by atoms with van der Waals surface area (Å²) < 4.78 is 1.78. The molecule has 0 atom stereocenters. The van der Waals surface area contributed by atoms with E-state index in [4.69, 9.17) is 0 Å². The number of hydrazine groups is 1. The molecule has 7 nitrogen and oxygen atoms in total. The van der Waals surface area contributed by atoms with E-state index >= 15 is 0 Å². The Hall–Kier alpha value is -3.52. The minimum absolute atomic E-state index is 0.342. The van der Waals surface area contributed by atoms with Gasteiger partial charge in [0.2, 0.25) is 0 Å². The van der Waals surface area contributed by atoms with E-state index in [-0.39, 0.29) is 5.91 Å². The lowest BCUT2D eigenvalue weighted by atomic mass is 10.2. The van der Waals surface area contributed by atoms with Crippen molar-refractivity contribution in [3.8, 4) is 0 Å². The molecule has 0 unspecified atom stereocenters. The van der Waals surface area contributed by atoms with Crippen molar-refractivity contribution in [2.24, 2.45) is 0 Å². The zero-order valence-corrected chi connectivity index (χ0v) is 15.9. The van der Waals surface area contributed by atoms with Crippen molar-refractivity contribution >= 4 is 34.2 Å². The third-order valence-electron chi connectivity index (χ3n) is 4.17. The van der Waals surface area contributed by atoms with Crippen LogP contribution in [0.5, 0.6) is 0 Å². The highest BCUT2D eigenvalue weighted by Crippen LogP contribution is 2.16. The third kappa shape index (κ3) is 3.77. The largest absolute Gasteiger partial charge is 0.279 e. The second kappa shape index (κ2) is 7.61. The third-order valence-corrected chi connectivity index (χ3v) is 5.17. The first kappa shape index (κ1) is 17.9. The second-order valence-electron chi connectivity index (χ2n) is 6.24. The lowest BCUT2D eigenvalue weighted by Crippen LogP contribution is -2.41. The Morgan fingerprint density at radius 2 is 1.82 bits per heavy atom. The molecule has 4 aromatic rings. The van der Waals surface area contributed by atoms with Gasteiger partial charge in [-0.1, -0.05) is 30.3 Å². The molecule has 0 spiro atoms. The average molecular weight is 391 g/mol. The number of aromatic nitrogens is 3. The van der Waals surface area contributed by atoms with Gasteiger partial charge < -0.3 is 0 Å². The van der Waals surface area contributed by atoms with Crippen LogP contribution in [0.15, 0.2) is 60.9 Å². The topological polar surface area (TPSA) is 88.9 Å². The van der Waals surface area contributed by atoms with Gasteiger partial charge in [0.15, 0.2) is 5.65 Å². The number of pyridine rings is 1. The van der Waals surface area contributed by atoms with Crippen molar-refractivity contribution in [3.63, 3.8) is 0 Å². The van der Waals surface area contributed by atoms with E-state index < -0.39 is 5.91 Å². The van der Waals surface area contributed by atoms with Gasteiger partial charge in [-0.25, -0.2) is 9.67 Å². The summed E-state index contributed by atoms with van der Waals surface area (Å²) in [6.07, 6.45) is 3.15. The molecule has 3 heterocycles. The first-order valence-electron chi connectivity index (χ1n) is 8.63. The number of hydrogen-bond donors (Lipinski definition) is 2. The summed E-state index contributed by atoms with van der Waals surface area (Å²) in [5.74, 6) is -0.789. The molecule has 2 amide bonds. The minimum Gasteiger partial charge on any atom is -0.267 e. The van der Waals surface area contributed by atoms with Crippen LogP contribution in [0.3, 0.4) is 0 Å². The summed E-state index contributed by atoms with van der Waals surface area (Å²) in [6.45, 7) is 2.51. The smallest absolute Gasteiger partial charge is 0.267 e. The number of carbonyl (C=O) groups is 2. The van der Waals surface area contributed by atoms with Gasteiger partial charge in [0, 0.05) is 16.5 Å². The van der Waals surface area contributed by atoms with Crippen molar-refractivity contribution in [2.75, 3.05) is 0 Å². The maximum atomic E-state index is 12.3. The zero-order chi connectivity index (χ0) is 19.5. The molecule has 3 aromatic heterocycles. The van der Waals surface area contributed by atoms with Gasteiger partial charge in [-0.05, 0) is 30.7 Å². The molecular formula is C20H17N5O2S. The number of fused-ring (bicyclic) bond motifs is 1. The number of thiophene rings is 1. The van der Waals surface area contributed by atoms with Crippen LogP contribution in [-0.2, 0) is 6.54 Å². The number of benzene rings is 1. The standard InChI is InChI=1S/C20H17N5O2S/c1-13-7-8-17(28-13)20(27)24-23-19(26)16-9-15-11-22-25(18(15)21-10-16)12-14-5-3-2-4-6-14/h2-11H,12H2,1H3,(H,23,26)(H,24,27). The van der Waals surface area contributed by atoms with Gasteiger partial charge in [-0.2, -0.15) is 5.10 Å². The Bertz CT molecular complexity index is 1150. The van der Waals surface area contributed by atoms with Gasteiger partial charge in [0.25, 0.3) is 11.8 Å². The van der Waals surface area contributed by atoms with Crippen LogP contribution >= 0.6 is 11.3 Å². The van der Waals surface area contributed by atoms with E-state index in [0.29, 0.717) is 22.6 Å². The molecule has 0 aliphatic carbocycles. The summed E-state index contributed by atoms with van der Waals surface area (Å²) in [7, 11) is 0. The number of nitrogens with zero attached hydrogens (tertiary/aromatic N) is 3. The molecule has 28 heavy (non-hydrogen) atoms. The van der Waals surface area contributed by atoms with Gasteiger partial charge in [0.05, 0.1) is 23.2 Å². The molecule has 8 heteroatoms. The van der Waals surface area contributed by atoms with Crippen LogP contribution in [-0.4, -0.2) is 26.6 Å². The number of carbonyl (C=O) groups excluding carboxylic acids is 2. The molecule has 4 rings (SSSR count). The molecule has 0 aliphatic heterocycles. The molecule has 0 saturated heterocycles. The fraction of sp³-hybridized carbons (Fsp3) is 0.100. The van der Waals surface area contributed by atoms with Crippen molar-refractivity contribution in [1.29, 1.82) is 0 Å². The van der Waals surface area contributed by atoms with E-state index in [1.165, 1.54) is 17.5 Å². The summed E-state index contributed by atoms with van der Waals surface area (Å²) >= 11 is 1.36. The maximum Gasteiger partial charge on any atom is 0.279 e. The molecule has 0 fully saturated rings. The molecule has 2 N–H and O–H groups in total. The molecule has 1 aromatic carbocycles. The van der Waals surface area contributed by atoms with Crippen LogP contribution in [0, 0.1) is 6.92 Å². The number of amides is 2. The van der Waals surface area contributed by atoms with E-state index in [1.807, 2.05) is 43.3 Å². The molecule has 0 radical (unpaired) electrons. The lowest BCUT2D eigenvalue weighted by Gasteiger charge is -2.07. The van der Waals surface area contributed by atoms with Gasteiger partial charge in [0.1, 0.15) is 0 Å². The summed E-state index contributed by atoms with van der Waals surface area (Å²) in [4.78, 5) is 30.3. The van der Waals surface area contributed by atoms with Gasteiger partial charge in [-0.15, -0.1) is 11.3 Å². The summed E-state index contributed by atoms with van der Waals surface area (Å²) in [5.41, 5.74) is 6.99. The average Bonchev–Trinajstić information content (AvgIpc) is 3.33. The highest BCUT2D eigenvalue weighted by atomic mass is 32.1. The van der Waals surface area contributed by atoms with Crippen LogP contribution in [0.1, 0.15) is 30.5 Å². The fourth-order valence-electron chi connectivity index (χ4n) is 2.77. The number of hydrogen-bond acceptors (Lipinski definition) is 5. The van der Waals surface area contributed by atoms with Crippen LogP contribution in [0.2, 0.25) is 0 Å². The SMILES string of the molecule is Cc1ccc(C(=O)NNC(=O)c2cnc3c(cnn3Cc3ccccc3)c2)s1. The lowest BCUT2D eigenvalue weighted by molar-refractivity contribution is 0.0849. The Morgan fingerprint density at radius 1 is 1.04 bits per heavy atom. The Morgan fingerprint density at radius 3 is 2.57 bits per heavy atom. The van der Waals surface area contributed by atoms with E-state index in [9.17, 15) is 9.59 Å².